The van der Waals surface area contributed by atoms with Crippen molar-refractivity contribution in [3.63, 3.8) is 0 Å². The minimum atomic E-state index is -3.38. The van der Waals surface area contributed by atoms with Gasteiger partial charge in [0.2, 0.25) is 10.0 Å². The predicted molar refractivity (Wildman–Crippen MR) is 83.5 cm³/mol. The Hall–Kier alpha value is -1.11. The highest BCUT2D eigenvalue weighted by Crippen LogP contribution is 2.18. The van der Waals surface area contributed by atoms with Gasteiger partial charge in [0, 0.05) is 25.3 Å². The monoisotopic (exact) mass is 299 g/mol. The number of benzene rings is 1. The summed E-state index contributed by atoms with van der Waals surface area (Å²) in [5.41, 5.74) is 6.55. The third kappa shape index (κ3) is 4.77. The van der Waals surface area contributed by atoms with Gasteiger partial charge in [-0.2, -0.15) is 0 Å². The van der Waals surface area contributed by atoms with Gasteiger partial charge < -0.3 is 10.6 Å². The largest absolute Gasteiger partial charge is 0.372 e. The van der Waals surface area contributed by atoms with Crippen molar-refractivity contribution in [2.45, 2.75) is 31.6 Å². The number of hydrogen-bond acceptors (Lipinski definition) is 4. The van der Waals surface area contributed by atoms with Gasteiger partial charge in [0.15, 0.2) is 0 Å². The third-order valence-corrected chi connectivity index (χ3v) is 4.55. The van der Waals surface area contributed by atoms with Crippen molar-refractivity contribution in [2.75, 3.05) is 31.1 Å². The van der Waals surface area contributed by atoms with Crippen molar-refractivity contribution >= 4 is 15.7 Å². The molecule has 0 spiro atoms. The maximum atomic E-state index is 12.0. The molecule has 6 heteroatoms. The maximum Gasteiger partial charge on any atom is 0.240 e. The van der Waals surface area contributed by atoms with E-state index >= 15 is 0 Å². The molecule has 20 heavy (non-hydrogen) atoms. The number of nitrogens with two attached hydrogens (primary N) is 1. The van der Waals surface area contributed by atoms with Gasteiger partial charge >= 0.3 is 0 Å². The van der Waals surface area contributed by atoms with Crippen LogP contribution in [0, 0.1) is 0 Å². The lowest BCUT2D eigenvalue weighted by atomic mass is 10.2. The van der Waals surface area contributed by atoms with Gasteiger partial charge in [0.1, 0.15) is 0 Å². The molecule has 0 saturated heterocycles. The fourth-order valence-corrected chi connectivity index (χ4v) is 3.04. The van der Waals surface area contributed by atoms with Crippen LogP contribution in [0.2, 0.25) is 0 Å². The van der Waals surface area contributed by atoms with E-state index in [9.17, 15) is 8.42 Å². The molecule has 1 aromatic carbocycles. The summed E-state index contributed by atoms with van der Waals surface area (Å²) in [6.45, 7) is 6.88. The van der Waals surface area contributed by atoms with Gasteiger partial charge in [0.25, 0.3) is 0 Å². The van der Waals surface area contributed by atoms with Crippen LogP contribution >= 0.6 is 0 Å². The Labute approximate surface area is 122 Å². The summed E-state index contributed by atoms with van der Waals surface area (Å²) >= 11 is 0. The molecule has 0 saturated carbocycles. The van der Waals surface area contributed by atoms with Crippen molar-refractivity contribution in [3.8, 4) is 0 Å². The Morgan fingerprint density at radius 3 is 2.35 bits per heavy atom. The molecule has 0 amide bonds. The van der Waals surface area contributed by atoms with E-state index in [2.05, 4.69) is 16.5 Å². The van der Waals surface area contributed by atoms with Crippen molar-refractivity contribution < 1.29 is 8.42 Å². The molecule has 1 aromatic rings. The second-order valence-electron chi connectivity index (χ2n) is 4.61. The van der Waals surface area contributed by atoms with E-state index in [1.54, 1.807) is 12.1 Å². The third-order valence-electron chi connectivity index (χ3n) is 3.07. The molecule has 0 aromatic heterocycles. The van der Waals surface area contributed by atoms with Crippen LogP contribution in [0.1, 0.15) is 26.7 Å². The predicted octanol–water partition coefficient (Wildman–Crippen LogP) is 1.55. The summed E-state index contributed by atoms with van der Waals surface area (Å²) in [5, 5.41) is 0. The zero-order valence-corrected chi connectivity index (χ0v) is 13.1. The zero-order valence-electron chi connectivity index (χ0n) is 12.3. The Balaban J connectivity index is 2.82. The Kier molecular flexibility index (Phi) is 6.98. The van der Waals surface area contributed by atoms with Gasteiger partial charge in [0.05, 0.1) is 4.90 Å². The summed E-state index contributed by atoms with van der Waals surface area (Å²) in [7, 11) is -3.38. The molecular weight excluding hydrogens is 274 g/mol. The van der Waals surface area contributed by atoms with Crippen molar-refractivity contribution in [3.05, 3.63) is 24.3 Å². The Morgan fingerprint density at radius 1 is 1.20 bits per heavy atom. The van der Waals surface area contributed by atoms with Crippen LogP contribution in [0.5, 0.6) is 0 Å². The van der Waals surface area contributed by atoms with E-state index in [0.29, 0.717) is 18.0 Å². The highest BCUT2D eigenvalue weighted by Gasteiger charge is 2.13. The molecule has 0 unspecified atom stereocenters. The quantitative estimate of drug-likeness (QED) is 0.725. The highest BCUT2D eigenvalue weighted by molar-refractivity contribution is 7.89. The second-order valence-corrected chi connectivity index (χ2v) is 6.38. The number of nitrogens with zero attached hydrogens (tertiary/aromatic N) is 1. The SMILES string of the molecule is CCCNS(=O)(=O)c1ccc(N(CC)CCCN)cc1. The van der Waals surface area contributed by atoms with Gasteiger partial charge in [-0.1, -0.05) is 6.92 Å². The molecular formula is C14H25N3O2S. The average Bonchev–Trinajstić information content (AvgIpc) is 2.46. The first kappa shape index (κ1) is 16.9. The van der Waals surface area contributed by atoms with Crippen LogP contribution in [0.15, 0.2) is 29.2 Å². The average molecular weight is 299 g/mol. The first-order valence-corrected chi connectivity index (χ1v) is 8.58. The van der Waals surface area contributed by atoms with Gasteiger partial charge in [-0.15, -0.1) is 0 Å². The number of rotatable bonds is 9. The lowest BCUT2D eigenvalue weighted by Gasteiger charge is -2.23. The molecule has 0 heterocycles. The summed E-state index contributed by atoms with van der Waals surface area (Å²) in [6.07, 6.45) is 1.70. The molecule has 5 nitrogen and oxygen atoms in total. The molecule has 0 aliphatic carbocycles. The van der Waals surface area contributed by atoms with Crippen molar-refractivity contribution in [2.24, 2.45) is 5.73 Å². The normalized spacial score (nSPS) is 11.6. The molecule has 1 rings (SSSR count). The molecule has 0 aliphatic rings. The number of nitrogens with one attached hydrogen (secondary N) is 1. The molecule has 0 radical (unpaired) electrons. The molecule has 3 N–H and O–H groups in total. The van der Waals surface area contributed by atoms with Crippen molar-refractivity contribution in [1.82, 2.24) is 4.72 Å². The first-order valence-electron chi connectivity index (χ1n) is 7.10. The summed E-state index contributed by atoms with van der Waals surface area (Å²) in [6, 6.07) is 7.00. The fourth-order valence-electron chi connectivity index (χ4n) is 1.91. The van der Waals surface area contributed by atoms with Crippen LogP contribution in [0.25, 0.3) is 0 Å². The minimum absolute atomic E-state index is 0.310. The van der Waals surface area contributed by atoms with Crippen LogP contribution in [-0.2, 0) is 10.0 Å². The smallest absolute Gasteiger partial charge is 0.240 e. The molecule has 0 atom stereocenters. The van der Waals surface area contributed by atoms with Crippen LogP contribution < -0.4 is 15.4 Å². The second kappa shape index (κ2) is 8.24. The molecule has 0 aliphatic heterocycles. The van der Waals surface area contributed by atoms with Gasteiger partial charge in [-0.25, -0.2) is 13.1 Å². The summed E-state index contributed by atoms with van der Waals surface area (Å²) < 4.78 is 26.5. The fraction of sp³-hybridized carbons (Fsp3) is 0.571. The highest BCUT2D eigenvalue weighted by atomic mass is 32.2. The first-order chi connectivity index (χ1) is 9.55. The number of hydrogen-bond donors (Lipinski definition) is 2. The van der Waals surface area contributed by atoms with E-state index in [0.717, 1.165) is 31.6 Å². The van der Waals surface area contributed by atoms with E-state index in [4.69, 9.17) is 5.73 Å². The van der Waals surface area contributed by atoms with Crippen molar-refractivity contribution in [1.29, 1.82) is 0 Å². The summed E-state index contributed by atoms with van der Waals surface area (Å²) in [5.74, 6) is 0. The van der Waals surface area contributed by atoms with E-state index in [1.165, 1.54) is 0 Å². The van der Waals surface area contributed by atoms with Gasteiger partial charge in [-0.05, 0) is 50.6 Å². The van der Waals surface area contributed by atoms with Crippen LogP contribution in [0.4, 0.5) is 5.69 Å². The molecule has 0 fully saturated rings. The van der Waals surface area contributed by atoms with Gasteiger partial charge in [-0.3, -0.25) is 0 Å². The zero-order chi connectivity index (χ0) is 15.0. The lowest BCUT2D eigenvalue weighted by molar-refractivity contribution is 0.581. The Morgan fingerprint density at radius 2 is 1.85 bits per heavy atom. The topological polar surface area (TPSA) is 75.4 Å². The van der Waals surface area contributed by atoms with E-state index < -0.39 is 10.0 Å². The molecule has 114 valence electrons. The maximum absolute atomic E-state index is 12.0. The summed E-state index contributed by atoms with van der Waals surface area (Å²) in [4.78, 5) is 2.49. The molecule has 0 bridgehead atoms. The van der Waals surface area contributed by atoms with E-state index in [-0.39, 0.29) is 0 Å². The lowest BCUT2D eigenvalue weighted by Crippen LogP contribution is -2.26. The van der Waals surface area contributed by atoms with E-state index in [1.807, 2.05) is 19.1 Å². The minimum Gasteiger partial charge on any atom is -0.372 e. The Bertz CT molecular complexity index is 486. The number of sulfonamides is 1. The number of anilines is 1. The van der Waals surface area contributed by atoms with Crippen LogP contribution in [-0.4, -0.2) is 34.6 Å². The van der Waals surface area contributed by atoms with Crippen LogP contribution in [0.3, 0.4) is 0 Å². The standard InChI is InChI=1S/C14H25N3O2S/c1-3-11-16-20(18,19)14-8-6-13(7-9-14)17(4-2)12-5-10-15/h6-9,16H,3-5,10-12,15H2,1-2H3.